The SMILES string of the molecule is CCNCc1cc(S(=O)(=O)NCC(F)(F)F)ccc1F. The van der Waals surface area contributed by atoms with Crippen LogP contribution in [0.3, 0.4) is 0 Å². The molecule has 0 aliphatic rings. The first-order valence-electron chi connectivity index (χ1n) is 5.71. The van der Waals surface area contributed by atoms with Crippen LogP contribution in [0.5, 0.6) is 0 Å². The smallest absolute Gasteiger partial charge is 0.313 e. The molecule has 0 aliphatic heterocycles. The van der Waals surface area contributed by atoms with E-state index in [-0.39, 0.29) is 12.1 Å². The monoisotopic (exact) mass is 314 g/mol. The van der Waals surface area contributed by atoms with Gasteiger partial charge in [-0.1, -0.05) is 6.92 Å². The van der Waals surface area contributed by atoms with Crippen LogP contribution in [-0.2, 0) is 16.6 Å². The van der Waals surface area contributed by atoms with Gasteiger partial charge in [-0.25, -0.2) is 17.5 Å². The minimum atomic E-state index is -4.65. The second-order valence-corrected chi connectivity index (χ2v) is 5.74. The van der Waals surface area contributed by atoms with Gasteiger partial charge in [0.05, 0.1) is 4.90 Å². The Morgan fingerprint density at radius 3 is 2.45 bits per heavy atom. The third-order valence-corrected chi connectivity index (χ3v) is 3.75. The number of sulfonamides is 1. The lowest BCUT2D eigenvalue weighted by Crippen LogP contribution is -2.33. The zero-order valence-electron chi connectivity index (χ0n) is 10.6. The number of benzene rings is 1. The maximum Gasteiger partial charge on any atom is 0.402 e. The van der Waals surface area contributed by atoms with Gasteiger partial charge in [-0.15, -0.1) is 0 Å². The summed E-state index contributed by atoms with van der Waals surface area (Å²) in [5, 5.41) is 2.81. The number of rotatable bonds is 6. The highest BCUT2D eigenvalue weighted by molar-refractivity contribution is 7.89. The number of alkyl halides is 3. The Balaban J connectivity index is 2.95. The summed E-state index contributed by atoms with van der Waals surface area (Å²) in [5.41, 5.74) is 0.0710. The molecule has 0 spiro atoms. The van der Waals surface area contributed by atoms with Gasteiger partial charge in [-0.3, -0.25) is 0 Å². The van der Waals surface area contributed by atoms with Crippen molar-refractivity contribution in [3.05, 3.63) is 29.6 Å². The predicted octanol–water partition coefficient (Wildman–Crippen LogP) is 1.78. The van der Waals surface area contributed by atoms with Gasteiger partial charge >= 0.3 is 6.18 Å². The summed E-state index contributed by atoms with van der Waals surface area (Å²) in [6, 6.07) is 2.84. The van der Waals surface area contributed by atoms with Crippen molar-refractivity contribution < 1.29 is 26.0 Å². The third-order valence-electron chi connectivity index (χ3n) is 2.36. The lowest BCUT2D eigenvalue weighted by molar-refractivity contribution is -0.121. The molecule has 0 bridgehead atoms. The average Bonchev–Trinajstić information content (AvgIpc) is 2.34. The lowest BCUT2D eigenvalue weighted by Gasteiger charge is -2.11. The summed E-state index contributed by atoms with van der Waals surface area (Å²) in [5.74, 6) is -0.624. The Morgan fingerprint density at radius 1 is 1.25 bits per heavy atom. The summed E-state index contributed by atoms with van der Waals surface area (Å²) in [7, 11) is -4.32. The molecule has 0 aromatic heterocycles. The number of hydrogen-bond acceptors (Lipinski definition) is 3. The molecule has 0 saturated carbocycles. The first-order chi connectivity index (χ1) is 9.15. The molecule has 1 aromatic rings. The van der Waals surface area contributed by atoms with E-state index in [0.717, 1.165) is 18.2 Å². The molecule has 4 nitrogen and oxygen atoms in total. The van der Waals surface area contributed by atoms with Gasteiger partial charge in [0.25, 0.3) is 0 Å². The molecule has 114 valence electrons. The zero-order valence-corrected chi connectivity index (χ0v) is 11.4. The standard InChI is InChI=1S/C11H14F4N2O2S/c1-2-16-6-8-5-9(3-4-10(8)12)20(18,19)17-7-11(13,14)15/h3-5,16-17H,2,6-7H2,1H3. The molecule has 0 atom stereocenters. The molecular formula is C11H14F4N2O2S. The topological polar surface area (TPSA) is 58.2 Å². The number of halogens is 4. The molecule has 0 fully saturated rings. The number of hydrogen-bond donors (Lipinski definition) is 2. The van der Waals surface area contributed by atoms with Crippen LogP contribution in [-0.4, -0.2) is 27.7 Å². The summed E-state index contributed by atoms with van der Waals surface area (Å²) in [4.78, 5) is -0.406. The molecule has 0 radical (unpaired) electrons. The van der Waals surface area contributed by atoms with E-state index < -0.39 is 33.5 Å². The van der Waals surface area contributed by atoms with Crippen molar-refractivity contribution in [3.8, 4) is 0 Å². The summed E-state index contributed by atoms with van der Waals surface area (Å²) >= 11 is 0. The maximum atomic E-state index is 13.4. The Labute approximate surface area is 114 Å². The van der Waals surface area contributed by atoms with Crippen molar-refractivity contribution >= 4 is 10.0 Å². The lowest BCUT2D eigenvalue weighted by atomic mass is 10.2. The van der Waals surface area contributed by atoms with Gasteiger partial charge < -0.3 is 5.32 Å². The molecule has 20 heavy (non-hydrogen) atoms. The van der Waals surface area contributed by atoms with Crippen LogP contribution in [0.4, 0.5) is 17.6 Å². The van der Waals surface area contributed by atoms with Crippen LogP contribution in [0, 0.1) is 5.82 Å². The molecule has 1 rings (SSSR count). The van der Waals surface area contributed by atoms with Crippen LogP contribution < -0.4 is 10.0 Å². The van der Waals surface area contributed by atoms with Crippen molar-refractivity contribution in [2.75, 3.05) is 13.1 Å². The van der Waals surface area contributed by atoms with Crippen molar-refractivity contribution in [3.63, 3.8) is 0 Å². The van der Waals surface area contributed by atoms with E-state index in [0.29, 0.717) is 6.54 Å². The second kappa shape index (κ2) is 6.51. The van der Waals surface area contributed by atoms with E-state index in [4.69, 9.17) is 0 Å². The Kier molecular flexibility index (Phi) is 5.49. The Morgan fingerprint density at radius 2 is 1.90 bits per heavy atom. The van der Waals surface area contributed by atoms with Gasteiger partial charge in [0.1, 0.15) is 12.4 Å². The maximum absolute atomic E-state index is 13.4. The summed E-state index contributed by atoms with van der Waals surface area (Å²) < 4.78 is 74.2. The second-order valence-electron chi connectivity index (χ2n) is 3.97. The van der Waals surface area contributed by atoms with E-state index in [2.05, 4.69) is 5.32 Å². The van der Waals surface area contributed by atoms with Crippen LogP contribution in [0.15, 0.2) is 23.1 Å². The Hall–Kier alpha value is -1.19. The first-order valence-corrected chi connectivity index (χ1v) is 7.19. The van der Waals surface area contributed by atoms with Gasteiger partial charge in [0.2, 0.25) is 10.0 Å². The minimum Gasteiger partial charge on any atom is -0.313 e. The highest BCUT2D eigenvalue weighted by Crippen LogP contribution is 2.17. The van der Waals surface area contributed by atoms with E-state index >= 15 is 0 Å². The van der Waals surface area contributed by atoms with Crippen molar-refractivity contribution in [1.82, 2.24) is 10.0 Å². The fourth-order valence-corrected chi connectivity index (χ4v) is 2.44. The van der Waals surface area contributed by atoms with Crippen LogP contribution in [0.2, 0.25) is 0 Å². The van der Waals surface area contributed by atoms with Crippen LogP contribution in [0.25, 0.3) is 0 Å². The fourth-order valence-electron chi connectivity index (χ4n) is 1.37. The summed E-state index contributed by atoms with van der Waals surface area (Å²) in [6.45, 7) is 0.742. The first kappa shape index (κ1) is 16.9. The molecule has 0 unspecified atom stereocenters. The van der Waals surface area contributed by atoms with Crippen molar-refractivity contribution in [1.29, 1.82) is 0 Å². The highest BCUT2D eigenvalue weighted by atomic mass is 32.2. The molecule has 0 saturated heterocycles. The van der Waals surface area contributed by atoms with E-state index in [9.17, 15) is 26.0 Å². The molecule has 9 heteroatoms. The van der Waals surface area contributed by atoms with Crippen molar-refractivity contribution in [2.45, 2.75) is 24.5 Å². The molecule has 0 heterocycles. The fraction of sp³-hybridized carbons (Fsp3) is 0.455. The number of nitrogens with one attached hydrogen (secondary N) is 2. The minimum absolute atomic E-state index is 0.0710. The van der Waals surface area contributed by atoms with Gasteiger partial charge in [-0.05, 0) is 24.7 Å². The van der Waals surface area contributed by atoms with E-state index in [1.54, 1.807) is 6.92 Å². The quantitative estimate of drug-likeness (QED) is 0.787. The third kappa shape index (κ3) is 5.06. The normalized spacial score (nSPS) is 12.7. The molecule has 1 aromatic carbocycles. The molecular weight excluding hydrogens is 300 g/mol. The van der Waals surface area contributed by atoms with E-state index in [1.807, 2.05) is 0 Å². The molecule has 0 aliphatic carbocycles. The van der Waals surface area contributed by atoms with Gasteiger partial charge in [0.15, 0.2) is 0 Å². The zero-order chi connectivity index (χ0) is 15.4. The largest absolute Gasteiger partial charge is 0.402 e. The predicted molar refractivity (Wildman–Crippen MR) is 65.0 cm³/mol. The van der Waals surface area contributed by atoms with Crippen molar-refractivity contribution in [2.24, 2.45) is 0 Å². The molecule has 0 amide bonds. The summed E-state index contributed by atoms with van der Waals surface area (Å²) in [6.07, 6.45) is -4.65. The van der Waals surface area contributed by atoms with Gasteiger partial charge in [0, 0.05) is 12.1 Å². The van der Waals surface area contributed by atoms with Gasteiger partial charge in [-0.2, -0.15) is 13.2 Å². The van der Waals surface area contributed by atoms with Crippen LogP contribution >= 0.6 is 0 Å². The van der Waals surface area contributed by atoms with E-state index in [1.165, 1.54) is 4.72 Å². The molecule has 2 N–H and O–H groups in total. The van der Waals surface area contributed by atoms with Crippen LogP contribution in [0.1, 0.15) is 12.5 Å². The average molecular weight is 314 g/mol. The Bertz CT molecular complexity index is 558. The highest BCUT2D eigenvalue weighted by Gasteiger charge is 2.30.